The van der Waals surface area contributed by atoms with Crippen LogP contribution in [-0.2, 0) is 19.1 Å². The number of benzene rings is 3. The summed E-state index contributed by atoms with van der Waals surface area (Å²) >= 11 is 0. The molecule has 3 aliphatic rings. The smallest absolute Gasteiger partial charge is 0.339 e. The summed E-state index contributed by atoms with van der Waals surface area (Å²) in [5.74, 6) is -4.12. The number of imide groups is 1. The van der Waals surface area contributed by atoms with Crippen molar-refractivity contribution < 1.29 is 33.4 Å². The zero-order valence-electron chi connectivity index (χ0n) is 21.6. The van der Waals surface area contributed by atoms with E-state index in [0.717, 1.165) is 16.0 Å². The average molecular weight is 537 g/mol. The highest BCUT2D eigenvalue weighted by Gasteiger charge is 2.64. The van der Waals surface area contributed by atoms with Gasteiger partial charge in [0.2, 0.25) is 11.8 Å². The molecule has 3 heterocycles. The number of anilines is 1. The number of amides is 2. The van der Waals surface area contributed by atoms with Crippen LogP contribution < -0.4 is 9.64 Å². The summed E-state index contributed by atoms with van der Waals surface area (Å²) in [5.41, 5.74) is 2.25. The number of methoxy groups -OCH3 is 1. The van der Waals surface area contributed by atoms with Gasteiger partial charge >= 0.3 is 11.9 Å². The number of ketones is 1. The third-order valence-corrected chi connectivity index (χ3v) is 7.68. The second kappa shape index (κ2) is 9.60. The van der Waals surface area contributed by atoms with E-state index in [1.54, 1.807) is 23.2 Å². The SMILES string of the molecule is COC(=O)c1ccccc1N1C(=O)[C@@H]2[C@H](C1=O)[C@@H]1c3ccccc3C=CN1[C@@H]2C(=O)c1ccc(OC(C)=O)cc1. The zero-order valence-corrected chi connectivity index (χ0v) is 21.6. The summed E-state index contributed by atoms with van der Waals surface area (Å²) in [4.78, 5) is 69.0. The second-order valence-electron chi connectivity index (χ2n) is 9.84. The molecule has 0 saturated carbocycles. The number of carbonyl (C=O) groups is 5. The molecule has 3 aromatic carbocycles. The van der Waals surface area contributed by atoms with Crippen molar-refractivity contribution in [3.63, 3.8) is 0 Å². The maximum Gasteiger partial charge on any atom is 0.339 e. The van der Waals surface area contributed by atoms with Crippen molar-refractivity contribution >= 4 is 41.3 Å². The van der Waals surface area contributed by atoms with E-state index in [9.17, 15) is 24.0 Å². The van der Waals surface area contributed by atoms with Gasteiger partial charge < -0.3 is 14.4 Å². The zero-order chi connectivity index (χ0) is 28.1. The van der Waals surface area contributed by atoms with Gasteiger partial charge in [-0.3, -0.25) is 19.2 Å². The van der Waals surface area contributed by atoms with Gasteiger partial charge in [0.1, 0.15) is 11.8 Å². The van der Waals surface area contributed by atoms with Crippen molar-refractivity contribution in [3.05, 3.63) is 101 Å². The topological polar surface area (TPSA) is 110 Å². The van der Waals surface area contributed by atoms with Crippen LogP contribution >= 0.6 is 0 Å². The minimum atomic E-state index is -1.00. The van der Waals surface area contributed by atoms with Crippen molar-refractivity contribution in [1.82, 2.24) is 4.90 Å². The molecule has 0 bridgehead atoms. The summed E-state index contributed by atoms with van der Waals surface area (Å²) in [6, 6.07) is 18.4. The molecule has 0 radical (unpaired) electrons. The van der Waals surface area contributed by atoms with Crippen LogP contribution in [0.3, 0.4) is 0 Å². The molecule has 2 amide bonds. The Morgan fingerprint density at radius 1 is 0.825 bits per heavy atom. The summed E-state index contributed by atoms with van der Waals surface area (Å²) < 4.78 is 9.98. The molecule has 9 nitrogen and oxygen atoms in total. The quantitative estimate of drug-likeness (QED) is 0.210. The lowest BCUT2D eigenvalue weighted by Gasteiger charge is -2.35. The highest BCUT2D eigenvalue weighted by molar-refractivity contribution is 6.26. The lowest BCUT2D eigenvalue weighted by Crippen LogP contribution is -2.44. The number of esters is 2. The predicted molar refractivity (Wildman–Crippen MR) is 143 cm³/mol. The van der Waals surface area contributed by atoms with E-state index in [1.165, 1.54) is 50.4 Å². The van der Waals surface area contributed by atoms with Gasteiger partial charge in [0.25, 0.3) is 0 Å². The number of hydrogen-bond donors (Lipinski definition) is 0. The Balaban J connectivity index is 1.46. The van der Waals surface area contributed by atoms with Gasteiger partial charge in [-0.2, -0.15) is 0 Å². The Labute approximate surface area is 229 Å². The lowest BCUT2D eigenvalue weighted by atomic mass is 9.83. The largest absolute Gasteiger partial charge is 0.465 e. The third-order valence-electron chi connectivity index (χ3n) is 7.68. The van der Waals surface area contributed by atoms with Gasteiger partial charge in [-0.25, -0.2) is 9.69 Å². The molecule has 4 atom stereocenters. The molecule has 2 fully saturated rings. The molecule has 3 aromatic rings. The van der Waals surface area contributed by atoms with Crippen LogP contribution in [0.4, 0.5) is 5.69 Å². The highest BCUT2D eigenvalue weighted by atomic mass is 16.5. The highest BCUT2D eigenvalue weighted by Crippen LogP contribution is 2.54. The van der Waals surface area contributed by atoms with E-state index in [4.69, 9.17) is 9.47 Å². The summed E-state index contributed by atoms with van der Waals surface area (Å²) in [5, 5.41) is 0. The molecule has 9 heteroatoms. The van der Waals surface area contributed by atoms with Gasteiger partial charge in [0.15, 0.2) is 5.78 Å². The third kappa shape index (κ3) is 3.81. The molecule has 0 unspecified atom stereocenters. The van der Waals surface area contributed by atoms with Crippen molar-refractivity contribution in [1.29, 1.82) is 0 Å². The van der Waals surface area contributed by atoms with E-state index in [0.29, 0.717) is 5.56 Å². The molecule has 3 aliphatic heterocycles. The molecule has 0 N–H and O–H groups in total. The summed E-state index contributed by atoms with van der Waals surface area (Å²) in [6.07, 6.45) is 3.64. The fourth-order valence-electron chi connectivity index (χ4n) is 6.07. The fourth-order valence-corrected chi connectivity index (χ4v) is 6.07. The molecule has 40 heavy (non-hydrogen) atoms. The first kappa shape index (κ1) is 25.2. The van der Waals surface area contributed by atoms with Gasteiger partial charge in [0.05, 0.1) is 36.2 Å². The monoisotopic (exact) mass is 536 g/mol. The molecule has 0 spiro atoms. The standard InChI is InChI=1S/C31H24N2O7/c1-17(34)40-20-13-11-19(12-14-20)28(35)27-25-24(26-21-8-4-3-7-18(21)15-16-32(26)27)29(36)33(30(25)37)23-10-6-5-9-22(23)31(38)39-2/h3-16,24-27H,1-2H3/t24-,25+,26-,27-/m0/s1. The predicted octanol–water partition coefficient (Wildman–Crippen LogP) is 3.80. The van der Waals surface area contributed by atoms with E-state index in [1.807, 2.05) is 30.3 Å². The van der Waals surface area contributed by atoms with Crippen molar-refractivity contribution in [2.24, 2.45) is 11.8 Å². The minimum Gasteiger partial charge on any atom is -0.465 e. The minimum absolute atomic E-state index is 0.0800. The van der Waals surface area contributed by atoms with Crippen LogP contribution in [0, 0.1) is 11.8 Å². The Morgan fingerprint density at radius 2 is 1.50 bits per heavy atom. The number of rotatable bonds is 5. The molecular formula is C31H24N2O7. The maximum absolute atomic E-state index is 14.1. The molecule has 6 rings (SSSR count). The van der Waals surface area contributed by atoms with Crippen LogP contribution in [0.25, 0.3) is 6.08 Å². The number of ether oxygens (including phenoxy) is 2. The number of carbonyl (C=O) groups excluding carboxylic acids is 5. The average Bonchev–Trinajstić information content (AvgIpc) is 3.44. The number of nitrogens with zero attached hydrogens (tertiary/aromatic N) is 2. The number of Topliss-reactive ketones (excluding diaryl/α,β-unsaturated/α-hetero) is 1. The van der Waals surface area contributed by atoms with Gasteiger partial charge in [-0.1, -0.05) is 36.4 Å². The first-order valence-corrected chi connectivity index (χ1v) is 12.7. The normalized spacial score (nSPS) is 22.4. The van der Waals surface area contributed by atoms with E-state index in [-0.39, 0.29) is 22.8 Å². The Kier molecular flexibility index (Phi) is 6.06. The van der Waals surface area contributed by atoms with Crippen LogP contribution in [0.5, 0.6) is 5.75 Å². The van der Waals surface area contributed by atoms with Gasteiger partial charge in [0, 0.05) is 18.7 Å². The fraction of sp³-hybridized carbons (Fsp3) is 0.194. The summed E-state index contributed by atoms with van der Waals surface area (Å²) in [7, 11) is 1.23. The van der Waals surface area contributed by atoms with E-state index >= 15 is 0 Å². The van der Waals surface area contributed by atoms with E-state index in [2.05, 4.69) is 0 Å². The van der Waals surface area contributed by atoms with Crippen LogP contribution in [-0.4, -0.2) is 47.6 Å². The number of hydrogen-bond acceptors (Lipinski definition) is 8. The molecule has 2 saturated heterocycles. The number of para-hydroxylation sites is 1. The second-order valence-corrected chi connectivity index (χ2v) is 9.84. The molecule has 0 aromatic heterocycles. The van der Waals surface area contributed by atoms with Gasteiger partial charge in [-0.15, -0.1) is 0 Å². The van der Waals surface area contributed by atoms with E-state index < -0.39 is 47.7 Å². The number of fused-ring (bicyclic) bond motifs is 5. The first-order chi connectivity index (χ1) is 19.3. The molecule has 200 valence electrons. The Morgan fingerprint density at radius 3 is 2.23 bits per heavy atom. The van der Waals surface area contributed by atoms with Crippen LogP contribution in [0.1, 0.15) is 44.8 Å². The molecular weight excluding hydrogens is 512 g/mol. The first-order valence-electron chi connectivity index (χ1n) is 12.7. The maximum atomic E-state index is 14.1. The van der Waals surface area contributed by atoms with Crippen molar-refractivity contribution in [3.8, 4) is 5.75 Å². The lowest BCUT2D eigenvalue weighted by molar-refractivity contribution is -0.132. The van der Waals surface area contributed by atoms with Crippen molar-refractivity contribution in [2.75, 3.05) is 12.0 Å². The Hall–Kier alpha value is -5.05. The molecule has 0 aliphatic carbocycles. The van der Waals surface area contributed by atoms with Crippen molar-refractivity contribution in [2.45, 2.75) is 19.0 Å². The van der Waals surface area contributed by atoms with Crippen LogP contribution in [0.15, 0.2) is 79.0 Å². The van der Waals surface area contributed by atoms with Crippen LogP contribution in [0.2, 0.25) is 0 Å². The van der Waals surface area contributed by atoms with Gasteiger partial charge in [-0.05, 0) is 53.6 Å². The summed E-state index contributed by atoms with van der Waals surface area (Å²) in [6.45, 7) is 1.28. The Bertz CT molecular complexity index is 1610.